The zero-order valence-electron chi connectivity index (χ0n) is 18.8. The molecule has 0 aliphatic rings. The minimum Gasteiger partial charge on any atom is -0.490 e. The lowest BCUT2D eigenvalue weighted by Gasteiger charge is -2.12. The molecule has 0 bridgehead atoms. The largest absolute Gasteiger partial charge is 0.490 e. The van der Waals surface area contributed by atoms with Crippen LogP contribution in [0.15, 0.2) is 73.3 Å². The molecule has 1 amide bonds. The highest BCUT2D eigenvalue weighted by Gasteiger charge is 2.10. The summed E-state index contributed by atoms with van der Waals surface area (Å²) in [7, 11) is 0. The molecule has 1 N–H and O–H groups in total. The molecule has 2 aromatic carbocycles. The van der Waals surface area contributed by atoms with E-state index in [-0.39, 0.29) is 5.91 Å². The van der Waals surface area contributed by atoms with Crippen molar-refractivity contribution in [3.05, 3.63) is 90.0 Å². The molecule has 0 saturated heterocycles. The van der Waals surface area contributed by atoms with Crippen LogP contribution < -0.4 is 14.8 Å². The van der Waals surface area contributed by atoms with Crippen molar-refractivity contribution in [2.45, 2.75) is 26.9 Å². The summed E-state index contributed by atoms with van der Waals surface area (Å²) >= 11 is 0. The predicted molar refractivity (Wildman–Crippen MR) is 126 cm³/mol. The molecule has 4 aromatic rings. The van der Waals surface area contributed by atoms with E-state index in [0.29, 0.717) is 43.3 Å². The van der Waals surface area contributed by atoms with Crippen LogP contribution in [0.25, 0.3) is 0 Å². The zero-order valence-corrected chi connectivity index (χ0v) is 18.8. The fourth-order valence-corrected chi connectivity index (χ4v) is 3.49. The van der Waals surface area contributed by atoms with E-state index >= 15 is 0 Å². The summed E-state index contributed by atoms with van der Waals surface area (Å²) in [5.74, 6) is 1.26. The summed E-state index contributed by atoms with van der Waals surface area (Å²) in [6.45, 7) is 6.18. The average Bonchev–Trinajstić information content (AvgIpc) is 3.48. The van der Waals surface area contributed by atoms with Crippen LogP contribution in [0.1, 0.15) is 35.3 Å². The van der Waals surface area contributed by atoms with Gasteiger partial charge in [0.05, 0.1) is 38.2 Å². The summed E-state index contributed by atoms with van der Waals surface area (Å²) in [6.07, 6.45) is 7.08. The number of ether oxygens (including phenoxy) is 2. The Morgan fingerprint density at radius 2 is 1.70 bits per heavy atom. The number of anilines is 1. The summed E-state index contributed by atoms with van der Waals surface area (Å²) in [5.41, 5.74) is 3.24. The summed E-state index contributed by atoms with van der Waals surface area (Å²) in [6, 6.07) is 15.2. The Labute approximate surface area is 192 Å². The molecule has 170 valence electrons. The van der Waals surface area contributed by atoms with Gasteiger partial charge in [-0.15, -0.1) is 0 Å². The monoisotopic (exact) mass is 445 g/mol. The fraction of sp³-hybridized carbons (Fsp3) is 0.240. The standard InChI is InChI=1S/C25H27N5O3/c1-3-32-23-10-9-20(14-24(23)33-4-2)17-30-18-22(15-27-30)28-25(31)21-8-5-7-19(13-21)16-29-12-6-11-26-29/h5-15,18H,3-4,16-17H2,1-2H3,(H,28,31). The van der Waals surface area contributed by atoms with Crippen molar-refractivity contribution in [1.82, 2.24) is 19.6 Å². The van der Waals surface area contributed by atoms with Gasteiger partial charge in [0.1, 0.15) is 0 Å². The first-order valence-corrected chi connectivity index (χ1v) is 10.9. The summed E-state index contributed by atoms with van der Waals surface area (Å²) < 4.78 is 14.9. The van der Waals surface area contributed by atoms with E-state index in [1.807, 2.05) is 73.4 Å². The first kappa shape index (κ1) is 22.1. The normalized spacial score (nSPS) is 10.7. The van der Waals surface area contributed by atoms with Crippen LogP contribution in [0.4, 0.5) is 5.69 Å². The first-order chi connectivity index (χ1) is 16.1. The number of carbonyl (C=O) groups is 1. The van der Waals surface area contributed by atoms with Gasteiger partial charge in [0.15, 0.2) is 11.5 Å². The van der Waals surface area contributed by atoms with Crippen LogP contribution in [-0.4, -0.2) is 38.7 Å². The number of hydrogen-bond donors (Lipinski definition) is 1. The molecule has 0 saturated carbocycles. The van der Waals surface area contributed by atoms with Crippen molar-refractivity contribution < 1.29 is 14.3 Å². The summed E-state index contributed by atoms with van der Waals surface area (Å²) in [4.78, 5) is 12.8. The molecule has 0 spiro atoms. The van der Waals surface area contributed by atoms with Crippen molar-refractivity contribution >= 4 is 11.6 Å². The summed E-state index contributed by atoms with van der Waals surface area (Å²) in [5, 5.41) is 11.5. The minimum atomic E-state index is -0.184. The number of amides is 1. The lowest BCUT2D eigenvalue weighted by molar-refractivity contribution is 0.102. The zero-order chi connectivity index (χ0) is 23.0. The topological polar surface area (TPSA) is 83.2 Å². The predicted octanol–water partition coefficient (Wildman–Crippen LogP) is 4.23. The van der Waals surface area contributed by atoms with Crippen LogP contribution >= 0.6 is 0 Å². The van der Waals surface area contributed by atoms with Crippen LogP contribution in [0.5, 0.6) is 11.5 Å². The van der Waals surface area contributed by atoms with Gasteiger partial charge in [0.25, 0.3) is 5.91 Å². The number of carbonyl (C=O) groups excluding carboxylic acids is 1. The second-order valence-corrected chi connectivity index (χ2v) is 7.43. The molecular formula is C25H27N5O3. The maximum atomic E-state index is 12.8. The van der Waals surface area contributed by atoms with Crippen molar-refractivity contribution in [3.63, 3.8) is 0 Å². The molecule has 8 heteroatoms. The Balaban J connectivity index is 1.41. The number of nitrogens with one attached hydrogen (secondary N) is 1. The smallest absolute Gasteiger partial charge is 0.255 e. The van der Waals surface area contributed by atoms with E-state index in [1.165, 1.54) is 0 Å². The number of rotatable bonds is 10. The van der Waals surface area contributed by atoms with Gasteiger partial charge < -0.3 is 14.8 Å². The first-order valence-electron chi connectivity index (χ1n) is 10.9. The Morgan fingerprint density at radius 3 is 2.48 bits per heavy atom. The number of nitrogens with zero attached hydrogens (tertiary/aromatic N) is 4. The van der Waals surface area contributed by atoms with Crippen molar-refractivity contribution in [2.75, 3.05) is 18.5 Å². The Morgan fingerprint density at radius 1 is 0.909 bits per heavy atom. The average molecular weight is 446 g/mol. The van der Waals surface area contributed by atoms with Gasteiger partial charge in [-0.3, -0.25) is 14.2 Å². The number of aromatic nitrogens is 4. The molecule has 2 aromatic heterocycles. The van der Waals surface area contributed by atoms with E-state index in [1.54, 1.807) is 23.1 Å². The molecule has 0 radical (unpaired) electrons. The van der Waals surface area contributed by atoms with Gasteiger partial charge in [-0.1, -0.05) is 18.2 Å². The lowest BCUT2D eigenvalue weighted by Crippen LogP contribution is -2.12. The van der Waals surface area contributed by atoms with Gasteiger partial charge in [-0.25, -0.2) is 0 Å². The third-order valence-electron chi connectivity index (χ3n) is 4.94. The van der Waals surface area contributed by atoms with Gasteiger partial charge >= 0.3 is 0 Å². The molecule has 0 atom stereocenters. The van der Waals surface area contributed by atoms with Crippen LogP contribution in [0.2, 0.25) is 0 Å². The highest BCUT2D eigenvalue weighted by Crippen LogP contribution is 2.29. The molecule has 0 fully saturated rings. The van der Waals surface area contributed by atoms with E-state index in [9.17, 15) is 4.79 Å². The van der Waals surface area contributed by atoms with Crippen molar-refractivity contribution in [3.8, 4) is 11.5 Å². The lowest BCUT2D eigenvalue weighted by atomic mass is 10.1. The van der Waals surface area contributed by atoms with Crippen molar-refractivity contribution in [2.24, 2.45) is 0 Å². The molecular weight excluding hydrogens is 418 g/mol. The minimum absolute atomic E-state index is 0.184. The molecule has 0 unspecified atom stereocenters. The van der Waals surface area contributed by atoms with Gasteiger partial charge in [0, 0.05) is 24.2 Å². The van der Waals surface area contributed by atoms with Crippen LogP contribution in [0, 0.1) is 0 Å². The maximum absolute atomic E-state index is 12.8. The maximum Gasteiger partial charge on any atom is 0.255 e. The molecule has 0 aliphatic heterocycles. The van der Waals surface area contributed by atoms with E-state index in [4.69, 9.17) is 9.47 Å². The molecule has 4 rings (SSSR count). The van der Waals surface area contributed by atoms with Gasteiger partial charge in [-0.05, 0) is 55.3 Å². The highest BCUT2D eigenvalue weighted by atomic mass is 16.5. The van der Waals surface area contributed by atoms with E-state index in [2.05, 4.69) is 15.5 Å². The highest BCUT2D eigenvalue weighted by molar-refractivity contribution is 6.04. The number of benzene rings is 2. The Kier molecular flexibility index (Phi) is 7.04. The van der Waals surface area contributed by atoms with E-state index < -0.39 is 0 Å². The van der Waals surface area contributed by atoms with Crippen molar-refractivity contribution in [1.29, 1.82) is 0 Å². The fourth-order valence-electron chi connectivity index (χ4n) is 3.49. The quantitative estimate of drug-likeness (QED) is 0.395. The molecule has 0 aliphatic carbocycles. The Hall–Kier alpha value is -4.07. The van der Waals surface area contributed by atoms with Crippen LogP contribution in [0.3, 0.4) is 0 Å². The van der Waals surface area contributed by atoms with Crippen LogP contribution in [-0.2, 0) is 13.1 Å². The number of hydrogen-bond acceptors (Lipinski definition) is 5. The second kappa shape index (κ2) is 10.5. The van der Waals surface area contributed by atoms with Gasteiger partial charge in [-0.2, -0.15) is 10.2 Å². The SMILES string of the molecule is CCOc1ccc(Cn2cc(NC(=O)c3cccc(Cn4cccn4)c3)cn2)cc1OCC. The molecule has 2 heterocycles. The van der Waals surface area contributed by atoms with Gasteiger partial charge in [0.2, 0.25) is 0 Å². The Bertz CT molecular complexity index is 1200. The van der Waals surface area contributed by atoms with E-state index in [0.717, 1.165) is 16.9 Å². The second-order valence-electron chi connectivity index (χ2n) is 7.43. The molecule has 33 heavy (non-hydrogen) atoms. The third-order valence-corrected chi connectivity index (χ3v) is 4.94. The third kappa shape index (κ3) is 5.79. The molecule has 8 nitrogen and oxygen atoms in total.